The molecule has 2 aromatic rings. The number of thiophene rings is 1. The van der Waals surface area contributed by atoms with E-state index in [-0.39, 0.29) is 12.5 Å². The van der Waals surface area contributed by atoms with Gasteiger partial charge >= 0.3 is 5.97 Å². The maximum atomic E-state index is 12.4. The zero-order valence-electron chi connectivity index (χ0n) is 20.5. The molecule has 0 aliphatic rings. The van der Waals surface area contributed by atoms with Gasteiger partial charge in [-0.3, -0.25) is 9.63 Å². The third-order valence-corrected chi connectivity index (χ3v) is 6.53. The minimum Gasteiger partial charge on any atom is -0.479 e. The summed E-state index contributed by atoms with van der Waals surface area (Å²) in [5.41, 5.74) is 1.58. The minimum absolute atomic E-state index is 0.0555. The maximum absolute atomic E-state index is 12.4. The maximum Gasteiger partial charge on any atom is 0.331 e. The van der Waals surface area contributed by atoms with Gasteiger partial charge in [0.15, 0.2) is 6.61 Å². The van der Waals surface area contributed by atoms with Crippen LogP contribution in [0, 0.1) is 0 Å². The molecule has 1 amide bonds. The highest BCUT2D eigenvalue weighted by molar-refractivity contribution is 7.09. The lowest BCUT2D eigenvalue weighted by Crippen LogP contribution is -2.26. The van der Waals surface area contributed by atoms with Crippen LogP contribution in [-0.2, 0) is 22.7 Å². The Labute approximate surface area is 208 Å². The Bertz CT molecular complexity index is 809. The molecule has 2 rings (SSSR count). The van der Waals surface area contributed by atoms with Gasteiger partial charge in [-0.25, -0.2) is 4.79 Å². The molecule has 0 unspecified atom stereocenters. The van der Waals surface area contributed by atoms with Crippen LogP contribution in [0.2, 0.25) is 0 Å². The van der Waals surface area contributed by atoms with Gasteiger partial charge in [0.2, 0.25) is 0 Å². The summed E-state index contributed by atoms with van der Waals surface area (Å²) < 4.78 is 0. The van der Waals surface area contributed by atoms with E-state index in [9.17, 15) is 9.59 Å². The molecule has 0 radical (unpaired) electrons. The highest BCUT2D eigenvalue weighted by atomic mass is 32.1. The van der Waals surface area contributed by atoms with Gasteiger partial charge in [-0.15, -0.1) is 11.3 Å². The number of amides is 1. The van der Waals surface area contributed by atoms with E-state index in [1.165, 1.54) is 51.4 Å². The van der Waals surface area contributed by atoms with Gasteiger partial charge < -0.3 is 10.4 Å². The second kappa shape index (κ2) is 17.2. The summed E-state index contributed by atoms with van der Waals surface area (Å²) >= 11 is 1.60. The van der Waals surface area contributed by atoms with E-state index in [1.807, 2.05) is 41.8 Å². The summed E-state index contributed by atoms with van der Waals surface area (Å²) in [5.74, 6) is -1.06. The number of carbonyl (C=O) groups is 2. The van der Waals surface area contributed by atoms with Crippen molar-refractivity contribution in [2.45, 2.75) is 84.2 Å². The van der Waals surface area contributed by atoms with Gasteiger partial charge in [0.25, 0.3) is 5.91 Å². The zero-order valence-corrected chi connectivity index (χ0v) is 21.3. The number of aliphatic carboxylic acids is 1. The molecular weight excluding hydrogens is 448 g/mol. The Kier molecular flexibility index (Phi) is 14.2. The number of nitrogens with one attached hydrogen (secondary N) is 1. The SMILES string of the molecule is CCCCCCCCCCCCNC(=O)c1ccc(CN(Cc2cccs2)OCC(=O)O)cc1. The second-order valence-electron chi connectivity index (χ2n) is 8.68. The van der Waals surface area contributed by atoms with Crippen LogP contribution >= 0.6 is 11.3 Å². The Morgan fingerprint density at radius 2 is 1.56 bits per heavy atom. The largest absolute Gasteiger partial charge is 0.479 e. The van der Waals surface area contributed by atoms with Crippen molar-refractivity contribution in [2.75, 3.05) is 13.2 Å². The Balaban J connectivity index is 1.66. The molecule has 6 nitrogen and oxygen atoms in total. The molecule has 0 spiro atoms. The van der Waals surface area contributed by atoms with Crippen LogP contribution < -0.4 is 5.32 Å². The molecule has 7 heteroatoms. The molecule has 0 saturated heterocycles. The van der Waals surface area contributed by atoms with E-state index in [4.69, 9.17) is 9.94 Å². The van der Waals surface area contributed by atoms with E-state index in [2.05, 4.69) is 12.2 Å². The van der Waals surface area contributed by atoms with Crippen LogP contribution in [0.5, 0.6) is 0 Å². The normalized spacial score (nSPS) is 11.1. The summed E-state index contributed by atoms with van der Waals surface area (Å²) in [6, 6.07) is 11.3. The number of unbranched alkanes of at least 4 members (excludes halogenated alkanes) is 9. The lowest BCUT2D eigenvalue weighted by Gasteiger charge is -2.20. The van der Waals surface area contributed by atoms with Crippen molar-refractivity contribution in [1.29, 1.82) is 0 Å². The predicted octanol–water partition coefficient (Wildman–Crippen LogP) is 6.42. The van der Waals surface area contributed by atoms with E-state index in [1.54, 1.807) is 16.4 Å². The number of carboxylic acids is 1. The van der Waals surface area contributed by atoms with Crippen molar-refractivity contribution < 1.29 is 19.5 Å². The molecule has 0 bridgehead atoms. The third kappa shape index (κ3) is 12.3. The standard InChI is InChI=1S/C27H40N2O4S/c1-2-3-4-5-6-7-8-9-10-11-18-28-27(32)24-16-14-23(15-17-24)20-29(33-22-26(30)31)21-25-13-12-19-34-25/h12-17,19H,2-11,18,20-22H2,1H3,(H,28,32)(H,30,31). The van der Waals surface area contributed by atoms with Crippen molar-refractivity contribution in [3.05, 3.63) is 57.8 Å². The van der Waals surface area contributed by atoms with Crippen molar-refractivity contribution in [3.63, 3.8) is 0 Å². The van der Waals surface area contributed by atoms with Crippen LogP contribution in [0.4, 0.5) is 0 Å². The molecule has 0 saturated carbocycles. The average Bonchev–Trinajstić information content (AvgIpc) is 3.34. The highest BCUT2D eigenvalue weighted by Crippen LogP contribution is 2.16. The Morgan fingerprint density at radius 1 is 0.912 bits per heavy atom. The van der Waals surface area contributed by atoms with Gasteiger partial charge in [0.1, 0.15) is 0 Å². The van der Waals surface area contributed by atoms with Gasteiger partial charge in [-0.05, 0) is 35.6 Å². The average molecular weight is 489 g/mol. The van der Waals surface area contributed by atoms with Crippen molar-refractivity contribution in [2.24, 2.45) is 0 Å². The first-order valence-electron chi connectivity index (χ1n) is 12.6. The monoisotopic (exact) mass is 488 g/mol. The molecule has 1 aromatic carbocycles. The predicted molar refractivity (Wildman–Crippen MR) is 138 cm³/mol. The summed E-state index contributed by atoms with van der Waals surface area (Å²) in [7, 11) is 0. The molecule has 0 atom stereocenters. The molecule has 34 heavy (non-hydrogen) atoms. The smallest absolute Gasteiger partial charge is 0.331 e. The fourth-order valence-corrected chi connectivity index (χ4v) is 4.46. The molecule has 1 heterocycles. The van der Waals surface area contributed by atoms with Crippen LogP contribution in [0.15, 0.2) is 41.8 Å². The molecule has 2 N–H and O–H groups in total. The summed E-state index contributed by atoms with van der Waals surface area (Å²) in [6.45, 7) is 3.51. The molecule has 1 aromatic heterocycles. The van der Waals surface area contributed by atoms with Crippen molar-refractivity contribution in [1.82, 2.24) is 10.4 Å². The van der Waals surface area contributed by atoms with Gasteiger partial charge in [0, 0.05) is 23.5 Å². The number of hydrogen-bond donors (Lipinski definition) is 2. The summed E-state index contributed by atoms with van der Waals surface area (Å²) in [4.78, 5) is 29.9. The van der Waals surface area contributed by atoms with E-state index >= 15 is 0 Å². The van der Waals surface area contributed by atoms with Crippen molar-refractivity contribution in [3.8, 4) is 0 Å². The number of nitrogens with zero attached hydrogens (tertiary/aromatic N) is 1. The first kappa shape index (κ1) is 28.0. The second-order valence-corrected chi connectivity index (χ2v) is 9.71. The van der Waals surface area contributed by atoms with Crippen LogP contribution in [0.3, 0.4) is 0 Å². The molecule has 0 aliphatic heterocycles. The van der Waals surface area contributed by atoms with Crippen LogP contribution in [-0.4, -0.2) is 35.2 Å². The van der Waals surface area contributed by atoms with E-state index in [0.717, 1.165) is 23.3 Å². The lowest BCUT2D eigenvalue weighted by molar-refractivity contribution is -0.189. The number of hydrogen-bond acceptors (Lipinski definition) is 5. The third-order valence-electron chi connectivity index (χ3n) is 5.67. The zero-order chi connectivity index (χ0) is 24.4. The first-order chi connectivity index (χ1) is 16.6. The Morgan fingerprint density at radius 3 is 2.15 bits per heavy atom. The Hall–Kier alpha value is -2.22. The number of benzene rings is 1. The molecular formula is C27H40N2O4S. The molecule has 0 aliphatic carbocycles. The topological polar surface area (TPSA) is 78.9 Å². The molecule has 188 valence electrons. The number of hydroxylamine groups is 2. The number of carboxylic acid groups (broad SMARTS) is 1. The fraction of sp³-hybridized carbons (Fsp3) is 0.556. The first-order valence-corrected chi connectivity index (χ1v) is 13.5. The van der Waals surface area contributed by atoms with Crippen molar-refractivity contribution >= 4 is 23.2 Å². The van der Waals surface area contributed by atoms with Gasteiger partial charge in [-0.2, -0.15) is 5.06 Å². The van der Waals surface area contributed by atoms with E-state index < -0.39 is 5.97 Å². The van der Waals surface area contributed by atoms with E-state index in [0.29, 0.717) is 25.2 Å². The quantitative estimate of drug-likeness (QED) is 0.176. The minimum atomic E-state index is -1.01. The molecule has 0 fully saturated rings. The van der Waals surface area contributed by atoms with Crippen LogP contribution in [0.1, 0.15) is 91.9 Å². The fourth-order valence-electron chi connectivity index (χ4n) is 3.75. The van der Waals surface area contributed by atoms with Gasteiger partial charge in [-0.1, -0.05) is 82.9 Å². The number of carbonyl (C=O) groups excluding carboxylic acids is 1. The lowest BCUT2D eigenvalue weighted by atomic mass is 10.1. The highest BCUT2D eigenvalue weighted by Gasteiger charge is 2.12. The number of rotatable bonds is 19. The van der Waals surface area contributed by atoms with Crippen LogP contribution in [0.25, 0.3) is 0 Å². The summed E-state index contributed by atoms with van der Waals surface area (Å²) in [6.07, 6.45) is 12.8. The van der Waals surface area contributed by atoms with Gasteiger partial charge in [0.05, 0.1) is 6.54 Å². The summed E-state index contributed by atoms with van der Waals surface area (Å²) in [5, 5.41) is 15.6.